The van der Waals surface area contributed by atoms with Crippen LogP contribution in [0.5, 0.6) is 5.75 Å². The first-order chi connectivity index (χ1) is 9.26. The van der Waals surface area contributed by atoms with Crippen LogP contribution in [0.25, 0.3) is 0 Å². The van der Waals surface area contributed by atoms with E-state index >= 15 is 0 Å². The Bertz CT molecular complexity index is 512. The largest absolute Gasteiger partial charge is 0.481 e. The van der Waals surface area contributed by atoms with Crippen molar-refractivity contribution in [2.24, 2.45) is 5.73 Å². The van der Waals surface area contributed by atoms with Gasteiger partial charge in [0.25, 0.3) is 11.8 Å². The van der Waals surface area contributed by atoms with Gasteiger partial charge < -0.3 is 21.5 Å². The summed E-state index contributed by atoms with van der Waals surface area (Å²) < 4.78 is 5.34. The van der Waals surface area contributed by atoms with Crippen LogP contribution in [0.1, 0.15) is 37.6 Å². The number of carbonyl (C=O) groups is 2. The average molecular weight is 279 g/mol. The molecule has 110 valence electrons. The highest BCUT2D eigenvalue weighted by molar-refractivity contribution is 5.97. The average Bonchev–Trinajstić information content (AvgIpc) is 2.36. The number of benzene rings is 1. The van der Waals surface area contributed by atoms with E-state index in [-0.39, 0.29) is 35.1 Å². The van der Waals surface area contributed by atoms with E-state index in [1.807, 2.05) is 20.8 Å². The molecule has 0 bridgehead atoms. The van der Waals surface area contributed by atoms with E-state index in [2.05, 4.69) is 5.32 Å². The molecule has 6 heteroatoms. The summed E-state index contributed by atoms with van der Waals surface area (Å²) >= 11 is 0. The predicted octanol–water partition coefficient (Wildman–Crippen LogP) is 1.05. The molecule has 0 fully saturated rings. The lowest BCUT2D eigenvalue weighted by Crippen LogP contribution is -2.45. The Hall–Kier alpha value is -2.24. The van der Waals surface area contributed by atoms with Crippen molar-refractivity contribution in [2.75, 3.05) is 12.3 Å². The number of primary amides is 1. The van der Waals surface area contributed by atoms with Gasteiger partial charge in [-0.15, -0.1) is 0 Å². The lowest BCUT2D eigenvalue weighted by Gasteiger charge is -2.24. The highest BCUT2D eigenvalue weighted by Gasteiger charge is 2.19. The number of ether oxygens (including phenoxy) is 1. The highest BCUT2D eigenvalue weighted by Crippen LogP contribution is 2.25. The molecule has 0 radical (unpaired) electrons. The van der Waals surface area contributed by atoms with Crippen molar-refractivity contribution in [3.05, 3.63) is 23.8 Å². The van der Waals surface area contributed by atoms with Crippen molar-refractivity contribution in [1.29, 1.82) is 0 Å². The molecule has 0 atom stereocenters. The molecular weight excluding hydrogens is 258 g/mol. The van der Waals surface area contributed by atoms with Crippen molar-refractivity contribution in [2.45, 2.75) is 32.7 Å². The van der Waals surface area contributed by atoms with Crippen LogP contribution >= 0.6 is 0 Å². The summed E-state index contributed by atoms with van der Waals surface area (Å²) in [6, 6.07) is 4.68. The van der Waals surface area contributed by atoms with Gasteiger partial charge in [-0.3, -0.25) is 9.59 Å². The highest BCUT2D eigenvalue weighted by atomic mass is 16.5. The van der Waals surface area contributed by atoms with E-state index < -0.39 is 5.91 Å². The van der Waals surface area contributed by atoms with Gasteiger partial charge in [0.15, 0.2) is 12.4 Å². The molecule has 2 amide bonds. The summed E-state index contributed by atoms with van der Waals surface area (Å²) in [6.07, 6.45) is 0.790. The van der Waals surface area contributed by atoms with E-state index in [1.54, 1.807) is 12.1 Å². The van der Waals surface area contributed by atoms with Crippen LogP contribution in [0, 0.1) is 0 Å². The second kappa shape index (κ2) is 6.27. The number of carbonyl (C=O) groups excluding carboxylic acids is 2. The van der Waals surface area contributed by atoms with Gasteiger partial charge in [0.1, 0.15) is 0 Å². The normalized spacial score (nSPS) is 10.9. The number of nitrogen functional groups attached to an aromatic ring is 1. The molecule has 0 aliphatic heterocycles. The molecule has 0 saturated carbocycles. The van der Waals surface area contributed by atoms with Gasteiger partial charge in [0, 0.05) is 5.54 Å². The minimum absolute atomic E-state index is 0.143. The van der Waals surface area contributed by atoms with Crippen LogP contribution in [0.2, 0.25) is 0 Å². The SMILES string of the molecule is CCC(C)(C)NC(=O)COc1c(N)cccc1C(N)=O. The smallest absolute Gasteiger partial charge is 0.258 e. The summed E-state index contributed by atoms with van der Waals surface area (Å²) in [7, 11) is 0. The molecule has 0 heterocycles. The zero-order valence-corrected chi connectivity index (χ0v) is 12.0. The first-order valence-corrected chi connectivity index (χ1v) is 6.39. The van der Waals surface area contributed by atoms with Crippen molar-refractivity contribution in [1.82, 2.24) is 5.32 Å². The van der Waals surface area contributed by atoms with E-state index in [0.717, 1.165) is 6.42 Å². The standard InChI is InChI=1S/C14H21N3O3/c1-4-14(2,3)17-11(18)8-20-12-9(13(16)19)6-5-7-10(12)15/h5-7H,4,8,15H2,1-3H3,(H2,16,19)(H,17,18). The molecule has 0 spiro atoms. The number of amides is 2. The summed E-state index contributed by atoms with van der Waals surface area (Å²) in [5.41, 5.74) is 11.1. The van der Waals surface area contributed by atoms with Gasteiger partial charge in [-0.1, -0.05) is 13.0 Å². The fourth-order valence-corrected chi connectivity index (χ4v) is 1.55. The Kier molecular flexibility index (Phi) is 4.96. The van der Waals surface area contributed by atoms with Crippen LogP contribution in [0.4, 0.5) is 5.69 Å². The fraction of sp³-hybridized carbons (Fsp3) is 0.429. The third-order valence-electron chi connectivity index (χ3n) is 3.02. The van der Waals surface area contributed by atoms with Gasteiger partial charge >= 0.3 is 0 Å². The molecule has 1 aromatic carbocycles. The van der Waals surface area contributed by atoms with E-state index in [4.69, 9.17) is 16.2 Å². The molecule has 6 nitrogen and oxygen atoms in total. The van der Waals surface area contributed by atoms with E-state index in [1.165, 1.54) is 6.07 Å². The number of anilines is 1. The van der Waals surface area contributed by atoms with E-state index in [0.29, 0.717) is 0 Å². The lowest BCUT2D eigenvalue weighted by atomic mass is 10.0. The molecule has 0 saturated heterocycles. The quantitative estimate of drug-likeness (QED) is 0.676. The Balaban J connectivity index is 2.76. The Morgan fingerprint density at radius 1 is 1.35 bits per heavy atom. The van der Waals surface area contributed by atoms with Gasteiger partial charge in [-0.2, -0.15) is 0 Å². The molecule has 0 aliphatic carbocycles. The third kappa shape index (κ3) is 4.15. The van der Waals surface area contributed by atoms with Crippen LogP contribution in [-0.2, 0) is 4.79 Å². The van der Waals surface area contributed by atoms with Gasteiger partial charge in [0.2, 0.25) is 0 Å². The summed E-state index contributed by atoms with van der Waals surface area (Å²) in [6.45, 7) is 5.58. The molecule has 0 aromatic heterocycles. The van der Waals surface area contributed by atoms with Crippen molar-refractivity contribution in [3.8, 4) is 5.75 Å². The van der Waals surface area contributed by atoms with Crippen molar-refractivity contribution >= 4 is 17.5 Å². The van der Waals surface area contributed by atoms with Crippen LogP contribution in [-0.4, -0.2) is 24.0 Å². The Morgan fingerprint density at radius 2 is 2.00 bits per heavy atom. The Morgan fingerprint density at radius 3 is 2.55 bits per heavy atom. The number of rotatable bonds is 6. The zero-order chi connectivity index (χ0) is 15.3. The molecule has 5 N–H and O–H groups in total. The topological polar surface area (TPSA) is 107 Å². The summed E-state index contributed by atoms with van der Waals surface area (Å²) in [5.74, 6) is -0.790. The summed E-state index contributed by atoms with van der Waals surface area (Å²) in [4.78, 5) is 23.1. The maximum Gasteiger partial charge on any atom is 0.258 e. The van der Waals surface area contributed by atoms with Crippen molar-refractivity contribution < 1.29 is 14.3 Å². The van der Waals surface area contributed by atoms with Gasteiger partial charge in [-0.05, 0) is 32.4 Å². The summed E-state index contributed by atoms with van der Waals surface area (Å²) in [5, 5.41) is 2.82. The fourth-order valence-electron chi connectivity index (χ4n) is 1.55. The third-order valence-corrected chi connectivity index (χ3v) is 3.02. The molecule has 20 heavy (non-hydrogen) atoms. The number of nitrogens with one attached hydrogen (secondary N) is 1. The zero-order valence-electron chi connectivity index (χ0n) is 12.0. The number of para-hydroxylation sites is 1. The molecule has 1 rings (SSSR count). The maximum atomic E-state index is 11.8. The molecular formula is C14H21N3O3. The van der Waals surface area contributed by atoms with Gasteiger partial charge in [0.05, 0.1) is 11.3 Å². The molecule has 0 unspecified atom stereocenters. The minimum Gasteiger partial charge on any atom is -0.481 e. The van der Waals surface area contributed by atoms with Crippen molar-refractivity contribution in [3.63, 3.8) is 0 Å². The van der Waals surface area contributed by atoms with Crippen LogP contribution in [0.15, 0.2) is 18.2 Å². The first kappa shape index (κ1) is 15.8. The second-order valence-corrected chi connectivity index (χ2v) is 5.16. The minimum atomic E-state index is -0.651. The first-order valence-electron chi connectivity index (χ1n) is 6.39. The lowest BCUT2D eigenvalue weighted by molar-refractivity contribution is -0.124. The number of hydrogen-bond donors (Lipinski definition) is 3. The van der Waals surface area contributed by atoms with Crippen LogP contribution < -0.4 is 21.5 Å². The second-order valence-electron chi connectivity index (χ2n) is 5.16. The molecule has 0 aliphatic rings. The number of hydrogen-bond acceptors (Lipinski definition) is 4. The van der Waals surface area contributed by atoms with Crippen LogP contribution in [0.3, 0.4) is 0 Å². The van der Waals surface area contributed by atoms with Gasteiger partial charge in [-0.25, -0.2) is 0 Å². The maximum absolute atomic E-state index is 11.8. The number of nitrogens with two attached hydrogens (primary N) is 2. The Labute approximate surface area is 118 Å². The predicted molar refractivity (Wildman–Crippen MR) is 77.4 cm³/mol. The molecule has 1 aromatic rings. The van der Waals surface area contributed by atoms with E-state index in [9.17, 15) is 9.59 Å². The monoisotopic (exact) mass is 279 g/mol.